The minimum atomic E-state index is -1.09. The van der Waals surface area contributed by atoms with Crippen LogP contribution in [-0.2, 0) is 19.1 Å². The molecule has 0 aromatic heterocycles. The smallest absolute Gasteiger partial charge is 0.418 e. The quantitative estimate of drug-likeness (QED) is 0.450. The second-order valence-corrected chi connectivity index (χ2v) is 2.42. The molecule has 0 saturated carbocycles. The van der Waals surface area contributed by atoms with Gasteiger partial charge in [-0.05, 0) is 18.6 Å². The summed E-state index contributed by atoms with van der Waals surface area (Å²) in [6.07, 6.45) is 0.0721. The van der Waals surface area contributed by atoms with Crippen molar-refractivity contribution in [3.8, 4) is 0 Å². The first-order chi connectivity index (χ1) is 6.11. The summed E-state index contributed by atoms with van der Waals surface area (Å²) in [5.41, 5.74) is 0.700. The van der Waals surface area contributed by atoms with E-state index < -0.39 is 12.1 Å². The third-order valence-electron chi connectivity index (χ3n) is 1.08. The molecule has 0 fully saturated rings. The molecule has 0 spiro atoms. The molecule has 0 aliphatic carbocycles. The molecule has 13 heavy (non-hydrogen) atoms. The highest BCUT2D eigenvalue weighted by atomic mass is 16.6. The summed E-state index contributed by atoms with van der Waals surface area (Å²) in [4.78, 5) is 20.8. The van der Waals surface area contributed by atoms with E-state index in [9.17, 15) is 9.59 Å². The number of ether oxygens (including phenoxy) is 2. The number of hydrogen-bond acceptors (Lipinski definition) is 4. The van der Waals surface area contributed by atoms with E-state index in [1.165, 1.54) is 0 Å². The third kappa shape index (κ3) is 4.79. The number of hydrogen-bond donors (Lipinski definition) is 0. The molecule has 71 valence electrons. The van der Waals surface area contributed by atoms with Gasteiger partial charge in [-0.1, -0.05) is 13.2 Å². The van der Waals surface area contributed by atoms with Crippen LogP contribution in [0.5, 0.6) is 0 Å². The topological polar surface area (TPSA) is 52.6 Å². The molecule has 0 saturated heterocycles. The second-order valence-electron chi connectivity index (χ2n) is 2.42. The van der Waals surface area contributed by atoms with Crippen molar-refractivity contribution in [3.05, 3.63) is 24.8 Å². The first kappa shape index (κ1) is 11.4. The molecule has 0 aliphatic rings. The van der Waals surface area contributed by atoms with Crippen molar-refractivity contribution in [2.45, 2.75) is 13.0 Å². The van der Waals surface area contributed by atoms with Gasteiger partial charge >= 0.3 is 12.4 Å². The molecule has 1 radical (unpaired) electrons. The minimum Gasteiger partial charge on any atom is -0.458 e. The van der Waals surface area contributed by atoms with Crippen LogP contribution in [0.3, 0.4) is 0 Å². The first-order valence-corrected chi connectivity index (χ1v) is 3.58. The Morgan fingerprint density at radius 2 is 2.31 bits per heavy atom. The van der Waals surface area contributed by atoms with Crippen LogP contribution in [0.25, 0.3) is 0 Å². The van der Waals surface area contributed by atoms with Crippen molar-refractivity contribution in [1.29, 1.82) is 0 Å². The number of esters is 1. The van der Waals surface area contributed by atoms with Crippen molar-refractivity contribution >= 4 is 12.4 Å². The summed E-state index contributed by atoms with van der Waals surface area (Å²) in [5, 5.41) is 0. The molecule has 1 atom stereocenters. The van der Waals surface area contributed by atoms with Gasteiger partial charge in [0.2, 0.25) is 6.10 Å². The molecule has 0 amide bonds. The average Bonchev–Trinajstić information content (AvgIpc) is 2.10. The monoisotopic (exact) mass is 183 g/mol. The van der Waals surface area contributed by atoms with Gasteiger partial charge < -0.3 is 9.47 Å². The van der Waals surface area contributed by atoms with Gasteiger partial charge in [-0.15, -0.1) is 0 Å². The van der Waals surface area contributed by atoms with Crippen LogP contribution in [0.1, 0.15) is 6.92 Å². The minimum absolute atomic E-state index is 0.103. The lowest BCUT2D eigenvalue weighted by Crippen LogP contribution is -2.24. The van der Waals surface area contributed by atoms with Crippen LogP contribution in [0.15, 0.2) is 24.8 Å². The van der Waals surface area contributed by atoms with E-state index in [1.54, 1.807) is 6.92 Å². The van der Waals surface area contributed by atoms with Crippen molar-refractivity contribution < 1.29 is 19.1 Å². The summed E-state index contributed by atoms with van der Waals surface area (Å²) in [5.74, 6) is -0.679. The Bertz CT molecular complexity index is 220. The fourth-order valence-corrected chi connectivity index (χ4v) is 0.521. The zero-order chi connectivity index (χ0) is 10.3. The molecular formula is C9H11O4. The highest BCUT2D eigenvalue weighted by Gasteiger charge is 2.17. The maximum atomic E-state index is 11.0. The van der Waals surface area contributed by atoms with Crippen molar-refractivity contribution in [3.63, 3.8) is 0 Å². The van der Waals surface area contributed by atoms with Crippen LogP contribution in [0, 0.1) is 0 Å². The Balaban J connectivity index is 3.97. The molecule has 0 heterocycles. The van der Waals surface area contributed by atoms with Crippen molar-refractivity contribution in [1.82, 2.24) is 0 Å². The van der Waals surface area contributed by atoms with Crippen LogP contribution in [-0.4, -0.2) is 25.2 Å². The molecule has 0 N–H and O–H groups in total. The summed E-state index contributed by atoms with van der Waals surface area (Å²) in [6.45, 7) is 9.79. The highest BCUT2D eigenvalue weighted by Crippen LogP contribution is 1.97. The fourth-order valence-electron chi connectivity index (χ4n) is 0.521. The summed E-state index contributed by atoms with van der Waals surface area (Å²) in [6, 6.07) is 0. The summed E-state index contributed by atoms with van der Waals surface area (Å²) in [7, 11) is 0. The van der Waals surface area contributed by atoms with Gasteiger partial charge in [-0.2, -0.15) is 0 Å². The maximum Gasteiger partial charge on any atom is 0.418 e. The van der Waals surface area contributed by atoms with Crippen LogP contribution >= 0.6 is 0 Å². The number of carbonyl (C=O) groups excluding carboxylic acids is 2. The van der Waals surface area contributed by atoms with Gasteiger partial charge in [0.15, 0.2) is 0 Å². The highest BCUT2D eigenvalue weighted by molar-refractivity contribution is 5.78. The molecule has 0 aromatic rings. The molecule has 0 aliphatic heterocycles. The molecule has 0 rings (SSSR count). The third-order valence-corrected chi connectivity index (χ3v) is 1.08. The molecular weight excluding hydrogens is 172 g/mol. The lowest BCUT2D eigenvalue weighted by Gasteiger charge is -2.09. The molecule has 0 aromatic carbocycles. The van der Waals surface area contributed by atoms with E-state index in [4.69, 9.17) is 4.74 Å². The van der Waals surface area contributed by atoms with Crippen LogP contribution in [0.4, 0.5) is 0 Å². The predicted octanol–water partition coefficient (Wildman–Crippen LogP) is 0.744. The zero-order valence-corrected chi connectivity index (χ0v) is 7.41. The fraction of sp³-hybridized carbons (Fsp3) is 0.333. The van der Waals surface area contributed by atoms with E-state index in [1.807, 2.05) is 0 Å². The lowest BCUT2D eigenvalue weighted by molar-refractivity contribution is -0.149. The summed E-state index contributed by atoms with van der Waals surface area (Å²) < 4.78 is 8.95. The van der Waals surface area contributed by atoms with Crippen molar-refractivity contribution in [2.24, 2.45) is 0 Å². The van der Waals surface area contributed by atoms with Crippen LogP contribution in [0.2, 0.25) is 0 Å². The van der Waals surface area contributed by atoms with Gasteiger partial charge in [-0.25, -0.2) is 9.59 Å². The maximum absolute atomic E-state index is 11.0. The van der Waals surface area contributed by atoms with E-state index in [0.717, 1.165) is 12.5 Å². The molecule has 1 unspecified atom stereocenters. The zero-order valence-electron chi connectivity index (χ0n) is 7.41. The SMILES string of the molecule is C=CC(O[C]=O)C(=O)OCC(=C)C. The molecule has 4 heteroatoms. The molecule has 0 bridgehead atoms. The number of carbonyl (C=O) groups is 1. The predicted molar refractivity (Wildman–Crippen MR) is 46.5 cm³/mol. The number of rotatable bonds is 6. The van der Waals surface area contributed by atoms with E-state index in [2.05, 4.69) is 17.9 Å². The van der Waals surface area contributed by atoms with Gasteiger partial charge in [0.25, 0.3) is 0 Å². The van der Waals surface area contributed by atoms with E-state index >= 15 is 0 Å². The normalized spacial score (nSPS) is 11.2. The van der Waals surface area contributed by atoms with E-state index in [0.29, 0.717) is 5.57 Å². The summed E-state index contributed by atoms with van der Waals surface area (Å²) >= 11 is 0. The largest absolute Gasteiger partial charge is 0.458 e. The second kappa shape index (κ2) is 5.99. The Morgan fingerprint density at radius 3 is 2.69 bits per heavy atom. The average molecular weight is 183 g/mol. The Hall–Kier alpha value is -1.58. The molecule has 4 nitrogen and oxygen atoms in total. The standard InChI is InChI=1S/C9H11O4/c1-4-8(13-6-10)9(11)12-5-7(2)3/h4,8H,1-2,5H2,3H3. The van der Waals surface area contributed by atoms with E-state index in [-0.39, 0.29) is 6.61 Å². The lowest BCUT2D eigenvalue weighted by atomic mass is 10.3. The van der Waals surface area contributed by atoms with Crippen molar-refractivity contribution in [2.75, 3.05) is 6.61 Å². The first-order valence-electron chi connectivity index (χ1n) is 3.58. The van der Waals surface area contributed by atoms with Gasteiger partial charge in [0.05, 0.1) is 0 Å². The van der Waals surface area contributed by atoms with Gasteiger partial charge in [0.1, 0.15) is 6.61 Å². The van der Waals surface area contributed by atoms with Crippen LogP contribution < -0.4 is 0 Å². The Kier molecular flexibility index (Phi) is 5.27. The Morgan fingerprint density at radius 1 is 1.69 bits per heavy atom. The van der Waals surface area contributed by atoms with Gasteiger partial charge in [-0.3, -0.25) is 0 Å². The van der Waals surface area contributed by atoms with Gasteiger partial charge in [0, 0.05) is 0 Å². The Labute approximate surface area is 76.8 Å².